The first-order valence-electron chi connectivity index (χ1n) is 5.92. The number of aliphatic hydroxyl groups excluding tert-OH is 1. The lowest BCUT2D eigenvalue weighted by Gasteiger charge is -2.12. The molecule has 104 valence electrons. The molecule has 0 aliphatic rings. The second kappa shape index (κ2) is 6.03. The van der Waals surface area contributed by atoms with Crippen molar-refractivity contribution in [3.05, 3.63) is 58.9 Å². The number of carboxylic acid groups (broad SMARTS) is 1. The van der Waals surface area contributed by atoms with E-state index in [-0.39, 0.29) is 5.56 Å². The Morgan fingerprint density at radius 3 is 2.35 bits per heavy atom. The Hall–Kier alpha value is -1.91. The Balaban J connectivity index is 2.37. The number of halogens is 2. The number of carboxylic acids is 1. The van der Waals surface area contributed by atoms with E-state index >= 15 is 0 Å². The molecule has 1 atom stereocenters. The molecule has 5 heteroatoms. The molecule has 3 nitrogen and oxygen atoms in total. The predicted octanol–water partition coefficient (Wildman–Crippen LogP) is 3.65. The van der Waals surface area contributed by atoms with Crippen molar-refractivity contribution in [1.82, 2.24) is 0 Å². The van der Waals surface area contributed by atoms with Crippen molar-refractivity contribution in [2.75, 3.05) is 0 Å². The fraction of sp³-hybridized carbons (Fsp3) is 0.133. The van der Waals surface area contributed by atoms with Crippen molar-refractivity contribution < 1.29 is 19.4 Å². The van der Waals surface area contributed by atoms with Crippen LogP contribution >= 0.6 is 11.6 Å². The summed E-state index contributed by atoms with van der Waals surface area (Å²) < 4.78 is 13.7. The van der Waals surface area contributed by atoms with Crippen molar-refractivity contribution in [3.8, 4) is 11.1 Å². The highest BCUT2D eigenvalue weighted by Gasteiger charge is 2.17. The maximum Gasteiger partial charge on any atom is 0.306 e. The quantitative estimate of drug-likeness (QED) is 0.905. The van der Waals surface area contributed by atoms with E-state index in [0.717, 1.165) is 5.56 Å². The number of hydrogen-bond donors (Lipinski definition) is 2. The van der Waals surface area contributed by atoms with Gasteiger partial charge in [-0.3, -0.25) is 4.79 Å². The van der Waals surface area contributed by atoms with Crippen LogP contribution in [-0.4, -0.2) is 16.2 Å². The molecule has 2 aromatic rings. The lowest BCUT2D eigenvalue weighted by atomic mass is 9.99. The minimum Gasteiger partial charge on any atom is -0.481 e. The normalized spacial score (nSPS) is 12.2. The maximum atomic E-state index is 13.7. The minimum atomic E-state index is -1.38. The smallest absolute Gasteiger partial charge is 0.306 e. The lowest BCUT2D eigenvalue weighted by molar-refractivity contribution is -0.139. The van der Waals surface area contributed by atoms with Gasteiger partial charge in [-0.15, -0.1) is 0 Å². The van der Waals surface area contributed by atoms with Gasteiger partial charge in [-0.1, -0.05) is 29.8 Å². The van der Waals surface area contributed by atoms with Crippen molar-refractivity contribution >= 4 is 17.6 Å². The molecule has 2 rings (SSSR count). The van der Waals surface area contributed by atoms with Gasteiger partial charge in [0.05, 0.1) is 12.5 Å². The van der Waals surface area contributed by atoms with Crippen molar-refractivity contribution in [3.63, 3.8) is 0 Å². The van der Waals surface area contributed by atoms with E-state index in [1.54, 1.807) is 30.3 Å². The monoisotopic (exact) mass is 294 g/mol. The topological polar surface area (TPSA) is 57.5 Å². The molecule has 0 bridgehead atoms. The van der Waals surface area contributed by atoms with Gasteiger partial charge in [-0.2, -0.15) is 0 Å². The Labute approximate surface area is 120 Å². The minimum absolute atomic E-state index is 0.0279. The van der Waals surface area contributed by atoms with Gasteiger partial charge in [-0.05, 0) is 35.4 Å². The average molecular weight is 295 g/mol. The van der Waals surface area contributed by atoms with Gasteiger partial charge in [0.1, 0.15) is 5.82 Å². The summed E-state index contributed by atoms with van der Waals surface area (Å²) >= 11 is 5.80. The van der Waals surface area contributed by atoms with Crippen LogP contribution in [0.2, 0.25) is 5.02 Å². The number of rotatable bonds is 4. The summed E-state index contributed by atoms with van der Waals surface area (Å²) in [5, 5.41) is 19.0. The molecule has 0 aromatic heterocycles. The highest BCUT2D eigenvalue weighted by Crippen LogP contribution is 2.27. The molecule has 1 unspecified atom stereocenters. The number of benzene rings is 2. The first kappa shape index (κ1) is 14.5. The third kappa shape index (κ3) is 3.35. The fourth-order valence-corrected chi connectivity index (χ4v) is 2.02. The molecule has 20 heavy (non-hydrogen) atoms. The molecular weight excluding hydrogens is 283 g/mol. The largest absolute Gasteiger partial charge is 0.481 e. The predicted molar refractivity (Wildman–Crippen MR) is 74.1 cm³/mol. The van der Waals surface area contributed by atoms with E-state index in [9.17, 15) is 14.3 Å². The Morgan fingerprint density at radius 1 is 1.15 bits per heavy atom. The molecule has 2 aromatic carbocycles. The highest BCUT2D eigenvalue weighted by atomic mass is 35.5. The van der Waals surface area contributed by atoms with Crippen LogP contribution in [0, 0.1) is 5.82 Å². The average Bonchev–Trinajstić information content (AvgIpc) is 2.39. The van der Waals surface area contributed by atoms with E-state index < -0.39 is 24.3 Å². The summed E-state index contributed by atoms with van der Waals surface area (Å²) in [6.45, 7) is 0. The molecule has 0 fully saturated rings. The summed E-state index contributed by atoms with van der Waals surface area (Å²) in [5.41, 5.74) is 1.46. The summed E-state index contributed by atoms with van der Waals surface area (Å²) in [6, 6.07) is 11.2. The molecule has 0 saturated carbocycles. The van der Waals surface area contributed by atoms with E-state index in [0.29, 0.717) is 10.6 Å². The summed E-state index contributed by atoms with van der Waals surface area (Å²) in [6.07, 6.45) is -1.92. The SMILES string of the molecule is O=C(O)CC(O)c1cc(-c2ccc(Cl)cc2)ccc1F. The third-order valence-corrected chi connectivity index (χ3v) is 3.15. The van der Waals surface area contributed by atoms with Crippen LogP contribution in [0.4, 0.5) is 4.39 Å². The van der Waals surface area contributed by atoms with E-state index in [1.807, 2.05) is 0 Å². The zero-order chi connectivity index (χ0) is 14.7. The molecule has 0 amide bonds. The second-order valence-electron chi connectivity index (χ2n) is 4.36. The number of carbonyl (C=O) groups is 1. The Kier molecular flexibility index (Phi) is 4.37. The van der Waals surface area contributed by atoms with Gasteiger partial charge in [0, 0.05) is 10.6 Å². The zero-order valence-electron chi connectivity index (χ0n) is 10.4. The summed E-state index contributed by atoms with van der Waals surface area (Å²) in [7, 11) is 0. The van der Waals surface area contributed by atoms with Crippen LogP contribution in [0.25, 0.3) is 11.1 Å². The van der Waals surface area contributed by atoms with Gasteiger partial charge in [0.25, 0.3) is 0 Å². The first-order valence-corrected chi connectivity index (χ1v) is 6.30. The molecule has 0 spiro atoms. The van der Waals surface area contributed by atoms with Crippen molar-refractivity contribution in [1.29, 1.82) is 0 Å². The summed E-state index contributed by atoms with van der Waals surface area (Å²) in [5.74, 6) is -1.81. The van der Waals surface area contributed by atoms with Crippen molar-refractivity contribution in [2.24, 2.45) is 0 Å². The number of aliphatic hydroxyl groups is 1. The van der Waals surface area contributed by atoms with Gasteiger partial charge in [0.2, 0.25) is 0 Å². The Morgan fingerprint density at radius 2 is 1.75 bits per heavy atom. The molecule has 0 radical (unpaired) electrons. The Bertz CT molecular complexity index is 626. The van der Waals surface area contributed by atoms with Gasteiger partial charge < -0.3 is 10.2 Å². The summed E-state index contributed by atoms with van der Waals surface area (Å²) in [4.78, 5) is 10.6. The van der Waals surface area contributed by atoms with Gasteiger partial charge >= 0.3 is 5.97 Å². The van der Waals surface area contributed by atoms with E-state index in [4.69, 9.17) is 16.7 Å². The van der Waals surface area contributed by atoms with Crippen LogP contribution in [0.15, 0.2) is 42.5 Å². The molecule has 0 heterocycles. The van der Waals surface area contributed by atoms with Crippen LogP contribution in [-0.2, 0) is 4.79 Å². The van der Waals surface area contributed by atoms with Gasteiger partial charge in [0.15, 0.2) is 0 Å². The molecule has 0 aliphatic carbocycles. The maximum absolute atomic E-state index is 13.7. The van der Waals surface area contributed by atoms with Crippen LogP contribution in [0.3, 0.4) is 0 Å². The zero-order valence-corrected chi connectivity index (χ0v) is 11.1. The van der Waals surface area contributed by atoms with E-state index in [1.165, 1.54) is 12.1 Å². The molecule has 2 N–H and O–H groups in total. The van der Waals surface area contributed by atoms with Crippen LogP contribution in [0.5, 0.6) is 0 Å². The molecular formula is C15H12ClFO3. The molecule has 0 saturated heterocycles. The standard InChI is InChI=1S/C15H12ClFO3/c16-11-4-1-9(2-5-11)10-3-6-13(17)12(7-10)14(18)8-15(19)20/h1-7,14,18H,8H2,(H,19,20). The molecule has 0 aliphatic heterocycles. The third-order valence-electron chi connectivity index (χ3n) is 2.90. The fourth-order valence-electron chi connectivity index (χ4n) is 1.90. The highest BCUT2D eigenvalue weighted by molar-refractivity contribution is 6.30. The lowest BCUT2D eigenvalue weighted by Crippen LogP contribution is -2.07. The van der Waals surface area contributed by atoms with Crippen molar-refractivity contribution in [2.45, 2.75) is 12.5 Å². The number of hydrogen-bond acceptors (Lipinski definition) is 2. The second-order valence-corrected chi connectivity index (χ2v) is 4.79. The first-order chi connectivity index (χ1) is 9.47. The van der Waals surface area contributed by atoms with Crippen LogP contribution in [0.1, 0.15) is 18.1 Å². The van der Waals surface area contributed by atoms with E-state index in [2.05, 4.69) is 0 Å². The number of aliphatic carboxylic acids is 1. The van der Waals surface area contributed by atoms with Crippen LogP contribution < -0.4 is 0 Å². The van der Waals surface area contributed by atoms with Gasteiger partial charge in [-0.25, -0.2) is 4.39 Å².